The molecule has 2 atom stereocenters. The van der Waals surface area contributed by atoms with Crippen LogP contribution in [-0.4, -0.2) is 31.8 Å². The topological polar surface area (TPSA) is 49.0 Å². The lowest BCUT2D eigenvalue weighted by molar-refractivity contribution is -0.185. The fourth-order valence-corrected chi connectivity index (χ4v) is 4.24. The van der Waals surface area contributed by atoms with Crippen LogP contribution in [0.1, 0.15) is 36.3 Å². The smallest absolute Gasteiger partial charge is 0.231 e. The highest BCUT2D eigenvalue weighted by atomic mass is 16.7. The van der Waals surface area contributed by atoms with E-state index in [0.717, 1.165) is 50.5 Å². The molecule has 2 fully saturated rings. The Labute approximate surface area is 123 Å². The van der Waals surface area contributed by atoms with Crippen LogP contribution in [-0.2, 0) is 16.0 Å². The van der Waals surface area contributed by atoms with E-state index in [2.05, 4.69) is 17.4 Å². The van der Waals surface area contributed by atoms with Gasteiger partial charge in [0.1, 0.15) is 0 Å². The molecule has 1 saturated heterocycles. The van der Waals surface area contributed by atoms with Crippen molar-refractivity contribution < 1.29 is 18.9 Å². The van der Waals surface area contributed by atoms with Gasteiger partial charge in [-0.15, -0.1) is 0 Å². The largest absolute Gasteiger partial charge is 0.454 e. The SMILES string of the molecule is c1c2c(cc3c1OCO3)[C@@H]1CCC3(C[C@H]1NC2)OCCO3. The van der Waals surface area contributed by atoms with Crippen molar-refractivity contribution >= 4 is 0 Å². The number of benzene rings is 1. The van der Waals surface area contributed by atoms with Crippen LogP contribution in [0.15, 0.2) is 12.1 Å². The molecule has 0 unspecified atom stereocenters. The molecule has 1 aromatic carbocycles. The van der Waals surface area contributed by atoms with Gasteiger partial charge in [-0.2, -0.15) is 0 Å². The summed E-state index contributed by atoms with van der Waals surface area (Å²) in [5.74, 6) is 1.95. The van der Waals surface area contributed by atoms with Crippen molar-refractivity contribution in [3.05, 3.63) is 23.3 Å². The summed E-state index contributed by atoms with van der Waals surface area (Å²) in [7, 11) is 0. The molecular weight excluding hydrogens is 270 g/mol. The standard InChI is InChI=1S/C16H19NO4/c1-2-16(20-3-4-21-16)7-13-11(1)12-6-15-14(18-9-19-15)5-10(12)8-17-13/h5-6,11,13,17H,1-4,7-9H2/t11-,13+/m0/s1. The van der Waals surface area contributed by atoms with Crippen LogP contribution in [0.3, 0.4) is 0 Å². The van der Waals surface area contributed by atoms with Crippen molar-refractivity contribution in [2.75, 3.05) is 20.0 Å². The first-order valence-electron chi connectivity index (χ1n) is 7.77. The van der Waals surface area contributed by atoms with Gasteiger partial charge in [0, 0.05) is 31.3 Å². The summed E-state index contributed by atoms with van der Waals surface area (Å²) in [4.78, 5) is 0. The fraction of sp³-hybridized carbons (Fsp3) is 0.625. The minimum Gasteiger partial charge on any atom is -0.454 e. The third-order valence-corrected chi connectivity index (χ3v) is 5.26. The summed E-state index contributed by atoms with van der Waals surface area (Å²) in [5.41, 5.74) is 2.75. The molecule has 5 rings (SSSR count). The fourth-order valence-electron chi connectivity index (χ4n) is 4.24. The first-order chi connectivity index (χ1) is 10.3. The molecule has 3 heterocycles. The summed E-state index contributed by atoms with van der Waals surface area (Å²) >= 11 is 0. The number of ether oxygens (including phenoxy) is 4. The molecule has 1 saturated carbocycles. The van der Waals surface area contributed by atoms with E-state index in [4.69, 9.17) is 18.9 Å². The van der Waals surface area contributed by atoms with E-state index in [1.165, 1.54) is 11.1 Å². The van der Waals surface area contributed by atoms with Gasteiger partial charge in [-0.3, -0.25) is 0 Å². The van der Waals surface area contributed by atoms with Crippen LogP contribution in [0, 0.1) is 0 Å². The molecule has 0 aromatic heterocycles. The van der Waals surface area contributed by atoms with Gasteiger partial charge in [-0.25, -0.2) is 0 Å². The molecule has 4 aliphatic rings. The van der Waals surface area contributed by atoms with Gasteiger partial charge in [-0.1, -0.05) is 0 Å². The molecule has 0 radical (unpaired) electrons. The summed E-state index contributed by atoms with van der Waals surface area (Å²) in [6.07, 6.45) is 3.00. The first-order valence-corrected chi connectivity index (χ1v) is 7.77. The zero-order valence-electron chi connectivity index (χ0n) is 11.9. The zero-order valence-corrected chi connectivity index (χ0v) is 11.9. The van der Waals surface area contributed by atoms with Gasteiger partial charge in [0.2, 0.25) is 6.79 Å². The minimum atomic E-state index is -0.331. The Hall–Kier alpha value is -1.30. The van der Waals surface area contributed by atoms with E-state index in [1.807, 2.05) is 0 Å². The van der Waals surface area contributed by atoms with Gasteiger partial charge < -0.3 is 24.3 Å². The van der Waals surface area contributed by atoms with Crippen molar-refractivity contribution in [2.45, 2.75) is 43.6 Å². The molecule has 0 amide bonds. The molecule has 3 aliphatic heterocycles. The summed E-state index contributed by atoms with van der Waals surface area (Å²) < 4.78 is 22.8. The van der Waals surface area contributed by atoms with Crippen LogP contribution in [0.5, 0.6) is 11.5 Å². The molecule has 1 aliphatic carbocycles. The third-order valence-electron chi connectivity index (χ3n) is 5.26. The van der Waals surface area contributed by atoms with Gasteiger partial charge in [-0.05, 0) is 29.7 Å². The van der Waals surface area contributed by atoms with Crippen molar-refractivity contribution in [3.63, 3.8) is 0 Å². The van der Waals surface area contributed by atoms with Gasteiger partial charge >= 0.3 is 0 Å². The lowest BCUT2D eigenvalue weighted by atomic mass is 9.73. The summed E-state index contributed by atoms with van der Waals surface area (Å²) in [6, 6.07) is 4.74. The number of fused-ring (bicyclic) bond motifs is 4. The molecule has 5 heteroatoms. The Morgan fingerprint density at radius 1 is 1.10 bits per heavy atom. The van der Waals surface area contributed by atoms with Crippen LogP contribution >= 0.6 is 0 Å². The van der Waals surface area contributed by atoms with Crippen LogP contribution in [0.2, 0.25) is 0 Å². The van der Waals surface area contributed by atoms with E-state index >= 15 is 0 Å². The maximum Gasteiger partial charge on any atom is 0.231 e. The molecule has 112 valence electrons. The van der Waals surface area contributed by atoms with Crippen molar-refractivity contribution in [3.8, 4) is 11.5 Å². The van der Waals surface area contributed by atoms with Crippen LogP contribution < -0.4 is 14.8 Å². The first kappa shape index (κ1) is 12.3. The highest BCUT2D eigenvalue weighted by Gasteiger charge is 2.47. The highest BCUT2D eigenvalue weighted by Crippen LogP contribution is 2.47. The van der Waals surface area contributed by atoms with Crippen molar-refractivity contribution in [1.29, 1.82) is 0 Å². The molecule has 21 heavy (non-hydrogen) atoms. The third kappa shape index (κ3) is 1.81. The maximum atomic E-state index is 5.89. The number of rotatable bonds is 0. The van der Waals surface area contributed by atoms with Gasteiger partial charge in [0.15, 0.2) is 17.3 Å². The Morgan fingerprint density at radius 3 is 2.76 bits per heavy atom. The summed E-state index contributed by atoms with van der Waals surface area (Å²) in [5, 5.41) is 3.66. The zero-order chi connectivity index (χ0) is 13.9. The molecule has 1 aromatic rings. The highest BCUT2D eigenvalue weighted by molar-refractivity contribution is 5.51. The predicted molar refractivity (Wildman–Crippen MR) is 74.4 cm³/mol. The normalized spacial score (nSPS) is 32.0. The number of nitrogens with one attached hydrogen (secondary N) is 1. The average Bonchev–Trinajstić information content (AvgIpc) is 3.14. The van der Waals surface area contributed by atoms with Crippen molar-refractivity contribution in [1.82, 2.24) is 5.32 Å². The predicted octanol–water partition coefficient (Wildman–Crippen LogP) is 1.90. The maximum absolute atomic E-state index is 5.89. The lowest BCUT2D eigenvalue weighted by Gasteiger charge is -2.44. The minimum absolute atomic E-state index is 0.331. The lowest BCUT2D eigenvalue weighted by Crippen LogP contribution is -2.50. The Morgan fingerprint density at radius 2 is 1.90 bits per heavy atom. The molecular formula is C16H19NO4. The van der Waals surface area contributed by atoms with E-state index < -0.39 is 0 Å². The molecule has 0 bridgehead atoms. The molecule has 5 nitrogen and oxygen atoms in total. The van der Waals surface area contributed by atoms with E-state index in [0.29, 0.717) is 18.8 Å². The Bertz CT molecular complexity index is 582. The summed E-state index contributed by atoms with van der Waals surface area (Å²) in [6.45, 7) is 2.67. The molecule has 1 N–H and O–H groups in total. The van der Waals surface area contributed by atoms with E-state index in [9.17, 15) is 0 Å². The second kappa shape index (κ2) is 4.35. The van der Waals surface area contributed by atoms with Crippen LogP contribution in [0.4, 0.5) is 0 Å². The van der Waals surface area contributed by atoms with Gasteiger partial charge in [0.05, 0.1) is 13.2 Å². The Balaban J connectivity index is 1.48. The average molecular weight is 289 g/mol. The second-order valence-corrected chi connectivity index (χ2v) is 6.35. The Kier molecular flexibility index (Phi) is 2.54. The molecule has 1 spiro atoms. The quantitative estimate of drug-likeness (QED) is 0.790. The monoisotopic (exact) mass is 289 g/mol. The van der Waals surface area contributed by atoms with E-state index in [-0.39, 0.29) is 5.79 Å². The van der Waals surface area contributed by atoms with Crippen molar-refractivity contribution in [2.24, 2.45) is 0 Å². The number of hydrogen-bond donors (Lipinski definition) is 1. The second-order valence-electron chi connectivity index (χ2n) is 6.35. The van der Waals surface area contributed by atoms with Gasteiger partial charge in [0.25, 0.3) is 0 Å². The number of hydrogen-bond acceptors (Lipinski definition) is 5. The van der Waals surface area contributed by atoms with Crippen LogP contribution in [0.25, 0.3) is 0 Å². The van der Waals surface area contributed by atoms with E-state index in [1.54, 1.807) is 0 Å².